The Balaban J connectivity index is 1.39. The van der Waals surface area contributed by atoms with Gasteiger partial charge in [-0.05, 0) is 30.9 Å². The lowest BCUT2D eigenvalue weighted by Gasteiger charge is -2.44. The molecular formula is C24H32N4O7S. The summed E-state index contributed by atoms with van der Waals surface area (Å²) in [4.78, 5) is 26.2. The second kappa shape index (κ2) is 11.1. The molecule has 0 unspecified atom stereocenters. The molecule has 12 heteroatoms. The molecule has 2 aliphatic heterocycles. The molecule has 2 atom stereocenters. The number of rotatable bonds is 6. The van der Waals surface area contributed by atoms with E-state index in [1.54, 1.807) is 6.20 Å². The molecule has 0 bridgehead atoms. The molecule has 0 saturated carbocycles. The molecule has 2 aliphatic rings. The summed E-state index contributed by atoms with van der Waals surface area (Å²) in [6.45, 7) is 9.07. The third kappa shape index (κ3) is 6.48. The average molecular weight is 521 g/mol. The number of piperidine rings is 1. The quantitative estimate of drug-likeness (QED) is 0.601. The molecule has 2 saturated heterocycles. The van der Waals surface area contributed by atoms with Crippen LogP contribution in [0.1, 0.15) is 44.9 Å². The number of ether oxygens (including phenoxy) is 2. The number of carbonyl (C=O) groups is 1. The van der Waals surface area contributed by atoms with Gasteiger partial charge >= 0.3 is 17.5 Å². The van der Waals surface area contributed by atoms with Crippen LogP contribution < -0.4 is 9.47 Å². The molecule has 1 amide bonds. The number of likely N-dealkylation sites (tertiary alicyclic amines) is 1. The van der Waals surface area contributed by atoms with Crippen LogP contribution in [0.3, 0.4) is 0 Å². The zero-order valence-corrected chi connectivity index (χ0v) is 21.7. The summed E-state index contributed by atoms with van der Waals surface area (Å²) in [5, 5.41) is 9.60. The summed E-state index contributed by atoms with van der Waals surface area (Å²) >= 11 is -1.65. The lowest BCUT2D eigenvalue weighted by molar-refractivity contribution is 0.0113. The molecule has 11 nitrogen and oxygen atoms in total. The highest BCUT2D eigenvalue weighted by Crippen LogP contribution is 2.35. The zero-order valence-electron chi connectivity index (χ0n) is 20.9. The van der Waals surface area contributed by atoms with Crippen molar-refractivity contribution >= 4 is 17.5 Å². The van der Waals surface area contributed by atoms with Gasteiger partial charge in [0.05, 0.1) is 25.0 Å². The van der Waals surface area contributed by atoms with E-state index in [-0.39, 0.29) is 23.5 Å². The van der Waals surface area contributed by atoms with Gasteiger partial charge in [0, 0.05) is 37.0 Å². The molecule has 2 fully saturated rings. The molecule has 4 heterocycles. The molecule has 196 valence electrons. The lowest BCUT2D eigenvalue weighted by Crippen LogP contribution is -2.53. The molecule has 0 aliphatic carbocycles. The minimum absolute atomic E-state index is 0.0889. The van der Waals surface area contributed by atoms with Crippen LogP contribution in [-0.4, -0.2) is 67.2 Å². The number of aromatic nitrogens is 3. The Morgan fingerprint density at radius 2 is 1.92 bits per heavy atom. The van der Waals surface area contributed by atoms with E-state index < -0.39 is 17.5 Å². The fraction of sp³-hybridized carbons (Fsp3) is 0.583. The molecule has 36 heavy (non-hydrogen) atoms. The van der Waals surface area contributed by atoms with Crippen molar-refractivity contribution in [2.75, 3.05) is 19.8 Å². The van der Waals surface area contributed by atoms with Crippen molar-refractivity contribution < 1.29 is 31.9 Å². The highest BCUT2D eigenvalue weighted by molar-refractivity contribution is 7.75. The summed E-state index contributed by atoms with van der Waals surface area (Å²) in [6.07, 6.45) is 3.73. The van der Waals surface area contributed by atoms with Gasteiger partial charge in [0.1, 0.15) is 18.2 Å². The Bertz CT molecular complexity index is 1080. The monoisotopic (exact) mass is 520 g/mol. The molecule has 0 aromatic carbocycles. The van der Waals surface area contributed by atoms with Crippen LogP contribution in [0.2, 0.25) is 0 Å². The van der Waals surface area contributed by atoms with Gasteiger partial charge in [-0.25, -0.2) is 14.8 Å². The molecule has 2 aromatic rings. The van der Waals surface area contributed by atoms with E-state index in [0.29, 0.717) is 62.1 Å². The Hall–Kier alpha value is -2.83. The van der Waals surface area contributed by atoms with Crippen molar-refractivity contribution in [2.45, 2.75) is 59.1 Å². The Kier molecular flexibility index (Phi) is 8.06. The van der Waals surface area contributed by atoms with Crippen LogP contribution in [0.4, 0.5) is 4.79 Å². The normalized spacial score (nSPS) is 24.8. The average Bonchev–Trinajstić information content (AvgIpc) is 2.83. The second-order valence-corrected chi connectivity index (χ2v) is 11.0. The van der Waals surface area contributed by atoms with E-state index in [9.17, 15) is 14.1 Å². The first-order valence-electron chi connectivity index (χ1n) is 11.9. The van der Waals surface area contributed by atoms with E-state index in [1.165, 1.54) is 11.2 Å². The van der Waals surface area contributed by atoms with Crippen molar-refractivity contribution in [2.24, 2.45) is 11.3 Å². The summed E-state index contributed by atoms with van der Waals surface area (Å²) < 4.78 is 33.3. The van der Waals surface area contributed by atoms with Crippen molar-refractivity contribution in [1.82, 2.24) is 19.9 Å². The van der Waals surface area contributed by atoms with Crippen molar-refractivity contribution in [1.29, 1.82) is 0 Å². The van der Waals surface area contributed by atoms with Gasteiger partial charge in [-0.3, -0.25) is 13.4 Å². The highest BCUT2D eigenvalue weighted by Gasteiger charge is 2.39. The number of carboxylic acid groups (broad SMARTS) is 1. The standard InChI is InChI=1S/C24H32N4O7S/c1-15-21(34-18-7-8-28(23(29)30)20(10-18)24(2,3)4)26-14-27-22(15)35-19-6-5-17(25-11-19)9-16-12-32-36(31)33-13-16/h5-6,11,14,16,18,20H,7-10,12-13H2,1-4H3,(H,29,30)/t16?,18-,20+,36?/m1/s1. The summed E-state index contributed by atoms with van der Waals surface area (Å²) in [5.41, 5.74) is 1.28. The molecule has 1 N–H and O–H groups in total. The SMILES string of the molecule is Cc1c(Oc2ccc(CC3COS(=O)OC3)nc2)ncnc1O[C@@H]1CCN(C(=O)O)[C@H](C(C)(C)C)C1. The Morgan fingerprint density at radius 1 is 1.19 bits per heavy atom. The number of pyridine rings is 1. The Labute approximate surface area is 213 Å². The number of hydrogen-bond acceptors (Lipinski definition) is 9. The van der Waals surface area contributed by atoms with Crippen molar-refractivity contribution in [3.63, 3.8) is 0 Å². The third-order valence-corrected chi connectivity index (χ3v) is 7.04. The van der Waals surface area contributed by atoms with Crippen LogP contribution in [0.15, 0.2) is 24.7 Å². The van der Waals surface area contributed by atoms with Crippen LogP contribution in [-0.2, 0) is 26.1 Å². The van der Waals surface area contributed by atoms with Gasteiger partial charge in [0.25, 0.3) is 0 Å². The fourth-order valence-corrected chi connectivity index (χ4v) is 5.07. The third-order valence-electron chi connectivity index (χ3n) is 6.38. The first-order valence-corrected chi connectivity index (χ1v) is 12.9. The number of nitrogens with zero attached hydrogens (tertiary/aromatic N) is 4. The van der Waals surface area contributed by atoms with Gasteiger partial charge in [0.2, 0.25) is 11.8 Å². The molecule has 2 aromatic heterocycles. The topological polar surface area (TPSA) is 133 Å². The summed E-state index contributed by atoms with van der Waals surface area (Å²) in [7, 11) is 0. The first-order chi connectivity index (χ1) is 17.1. The van der Waals surface area contributed by atoms with Crippen LogP contribution in [0.5, 0.6) is 17.5 Å². The van der Waals surface area contributed by atoms with Crippen molar-refractivity contribution in [3.8, 4) is 17.5 Å². The fourth-order valence-electron chi connectivity index (χ4n) is 4.39. The minimum atomic E-state index is -1.65. The molecule has 0 radical (unpaired) electrons. The van der Waals surface area contributed by atoms with Crippen LogP contribution in [0.25, 0.3) is 0 Å². The summed E-state index contributed by atoms with van der Waals surface area (Å²) in [6, 6.07) is 3.51. The van der Waals surface area contributed by atoms with Gasteiger partial charge < -0.3 is 19.5 Å². The van der Waals surface area contributed by atoms with Crippen LogP contribution in [0, 0.1) is 18.3 Å². The maximum Gasteiger partial charge on any atom is 0.407 e. The van der Waals surface area contributed by atoms with E-state index in [0.717, 1.165) is 5.69 Å². The summed E-state index contributed by atoms with van der Waals surface area (Å²) in [5.74, 6) is 1.39. The van der Waals surface area contributed by atoms with Gasteiger partial charge in [-0.2, -0.15) is 4.21 Å². The van der Waals surface area contributed by atoms with Gasteiger partial charge in [-0.15, -0.1) is 0 Å². The largest absolute Gasteiger partial charge is 0.474 e. The molecule has 4 rings (SSSR count). The van der Waals surface area contributed by atoms with Crippen LogP contribution >= 0.6 is 0 Å². The minimum Gasteiger partial charge on any atom is -0.474 e. The highest BCUT2D eigenvalue weighted by atomic mass is 32.2. The maximum atomic E-state index is 11.7. The predicted octanol–water partition coefficient (Wildman–Crippen LogP) is 3.69. The predicted molar refractivity (Wildman–Crippen MR) is 130 cm³/mol. The first kappa shape index (κ1) is 26.2. The van der Waals surface area contributed by atoms with E-state index in [2.05, 4.69) is 15.0 Å². The van der Waals surface area contributed by atoms with Gasteiger partial charge in [-0.1, -0.05) is 20.8 Å². The van der Waals surface area contributed by atoms with E-state index >= 15 is 0 Å². The molecular weight excluding hydrogens is 488 g/mol. The van der Waals surface area contributed by atoms with E-state index in [4.69, 9.17) is 17.8 Å². The molecule has 0 spiro atoms. The van der Waals surface area contributed by atoms with Crippen molar-refractivity contribution in [3.05, 3.63) is 35.9 Å². The zero-order chi connectivity index (χ0) is 25.9. The second-order valence-electron chi connectivity index (χ2n) is 10.2. The Morgan fingerprint density at radius 3 is 2.56 bits per heavy atom. The number of amides is 1. The van der Waals surface area contributed by atoms with E-state index in [1.807, 2.05) is 39.8 Å². The smallest absolute Gasteiger partial charge is 0.407 e. The van der Waals surface area contributed by atoms with Gasteiger partial charge in [0.15, 0.2) is 0 Å². The maximum absolute atomic E-state index is 11.7. The number of hydrogen-bond donors (Lipinski definition) is 1. The lowest BCUT2D eigenvalue weighted by atomic mass is 9.80.